The van der Waals surface area contributed by atoms with E-state index in [4.69, 9.17) is 34.8 Å². The summed E-state index contributed by atoms with van der Waals surface area (Å²) >= 11 is 18.0. The Morgan fingerprint density at radius 2 is 1.05 bits per heavy atom. The van der Waals surface area contributed by atoms with Gasteiger partial charge in [0.25, 0.3) is 0 Å². The number of nitrogens with zero attached hydrogens (tertiary/aromatic N) is 4. The third kappa shape index (κ3) is 2.16. The number of rotatable bonds is 0. The maximum atomic E-state index is 6.00. The molecule has 21 heavy (non-hydrogen) atoms. The third-order valence-corrected chi connectivity index (χ3v) is 4.02. The molecule has 0 spiro atoms. The van der Waals surface area contributed by atoms with Crippen LogP contribution >= 0.6 is 34.8 Å². The SMILES string of the molecule is Clc1ccc2nc3nc4cc(Cl)c(Cl)cc4nc3nc2c1. The Hall–Kier alpha value is -1.75. The van der Waals surface area contributed by atoms with Gasteiger partial charge in [0.1, 0.15) is 0 Å². The van der Waals surface area contributed by atoms with Crippen LogP contribution < -0.4 is 0 Å². The van der Waals surface area contributed by atoms with Crippen molar-refractivity contribution in [1.29, 1.82) is 0 Å². The van der Waals surface area contributed by atoms with Crippen molar-refractivity contribution in [2.75, 3.05) is 0 Å². The number of hydrogen-bond acceptors (Lipinski definition) is 4. The third-order valence-electron chi connectivity index (χ3n) is 3.06. The van der Waals surface area contributed by atoms with E-state index < -0.39 is 0 Å². The minimum atomic E-state index is 0.426. The summed E-state index contributed by atoms with van der Waals surface area (Å²) in [5.41, 5.74) is 3.52. The maximum absolute atomic E-state index is 6.00. The van der Waals surface area contributed by atoms with Gasteiger partial charge in [-0.2, -0.15) is 0 Å². The Balaban J connectivity index is 2.12. The predicted octanol–water partition coefficient (Wildman–Crippen LogP) is 4.69. The van der Waals surface area contributed by atoms with Gasteiger partial charge in [-0.25, -0.2) is 19.9 Å². The molecule has 2 aromatic carbocycles. The second-order valence-corrected chi connectivity index (χ2v) is 5.73. The van der Waals surface area contributed by atoms with Crippen LogP contribution in [-0.2, 0) is 0 Å². The minimum Gasteiger partial charge on any atom is -0.224 e. The topological polar surface area (TPSA) is 51.6 Å². The zero-order valence-corrected chi connectivity index (χ0v) is 12.6. The van der Waals surface area contributed by atoms with Gasteiger partial charge < -0.3 is 0 Å². The molecule has 0 N–H and O–H groups in total. The van der Waals surface area contributed by atoms with Crippen LogP contribution in [-0.4, -0.2) is 19.9 Å². The zero-order chi connectivity index (χ0) is 14.6. The van der Waals surface area contributed by atoms with Crippen molar-refractivity contribution in [3.05, 3.63) is 45.4 Å². The van der Waals surface area contributed by atoms with Crippen LogP contribution in [0.5, 0.6) is 0 Å². The molecule has 102 valence electrons. The first kappa shape index (κ1) is 13.0. The highest BCUT2D eigenvalue weighted by Gasteiger charge is 2.09. The van der Waals surface area contributed by atoms with Gasteiger partial charge in [-0.15, -0.1) is 0 Å². The van der Waals surface area contributed by atoms with Crippen LogP contribution in [0.4, 0.5) is 0 Å². The Bertz CT molecular complexity index is 1030. The molecule has 7 heteroatoms. The summed E-state index contributed by atoms with van der Waals surface area (Å²) in [4.78, 5) is 17.8. The smallest absolute Gasteiger partial charge is 0.199 e. The van der Waals surface area contributed by atoms with Gasteiger partial charge in [0, 0.05) is 5.02 Å². The van der Waals surface area contributed by atoms with E-state index in [9.17, 15) is 0 Å². The fourth-order valence-corrected chi connectivity index (χ4v) is 2.57. The number of benzene rings is 2. The fraction of sp³-hybridized carbons (Fsp3) is 0. The second-order valence-electron chi connectivity index (χ2n) is 4.48. The summed E-state index contributed by atoms with van der Waals surface area (Å²) in [6.45, 7) is 0. The number of aromatic nitrogens is 4. The second kappa shape index (κ2) is 4.63. The number of hydrogen-bond donors (Lipinski definition) is 0. The van der Waals surface area contributed by atoms with E-state index in [1.807, 2.05) is 0 Å². The van der Waals surface area contributed by atoms with Crippen molar-refractivity contribution in [3.63, 3.8) is 0 Å². The number of fused-ring (bicyclic) bond motifs is 3. The molecule has 0 saturated heterocycles. The van der Waals surface area contributed by atoms with Crippen molar-refractivity contribution in [2.24, 2.45) is 0 Å². The van der Waals surface area contributed by atoms with Crippen LogP contribution in [0.3, 0.4) is 0 Å². The van der Waals surface area contributed by atoms with E-state index in [0.717, 1.165) is 0 Å². The lowest BCUT2D eigenvalue weighted by molar-refractivity contribution is 1.26. The molecule has 0 unspecified atom stereocenters. The van der Waals surface area contributed by atoms with Gasteiger partial charge in [-0.3, -0.25) is 0 Å². The van der Waals surface area contributed by atoms with Crippen LogP contribution in [0, 0.1) is 0 Å². The normalized spacial score (nSPS) is 11.6. The molecular weight excluding hydrogens is 331 g/mol. The monoisotopic (exact) mass is 334 g/mol. The fourth-order valence-electron chi connectivity index (χ4n) is 2.09. The van der Waals surface area contributed by atoms with Gasteiger partial charge >= 0.3 is 0 Å². The van der Waals surface area contributed by atoms with E-state index in [1.165, 1.54) is 0 Å². The van der Waals surface area contributed by atoms with Crippen LogP contribution in [0.25, 0.3) is 33.4 Å². The van der Waals surface area contributed by atoms with Gasteiger partial charge in [0.05, 0.1) is 32.1 Å². The lowest BCUT2D eigenvalue weighted by atomic mass is 10.3. The first-order chi connectivity index (χ1) is 10.1. The summed E-state index contributed by atoms with van der Waals surface area (Å²) in [5.74, 6) is 0. The Labute approximate surface area is 133 Å². The van der Waals surface area contributed by atoms with Crippen LogP contribution in [0.2, 0.25) is 15.1 Å². The largest absolute Gasteiger partial charge is 0.224 e. The Kier molecular flexibility index (Phi) is 2.85. The van der Waals surface area contributed by atoms with Crippen molar-refractivity contribution in [3.8, 4) is 0 Å². The zero-order valence-electron chi connectivity index (χ0n) is 10.3. The van der Waals surface area contributed by atoms with Crippen molar-refractivity contribution in [2.45, 2.75) is 0 Å². The molecule has 4 nitrogen and oxygen atoms in total. The molecule has 0 fully saturated rings. The first-order valence-electron chi connectivity index (χ1n) is 6.00. The lowest BCUT2D eigenvalue weighted by Gasteiger charge is -2.03. The quantitative estimate of drug-likeness (QED) is 0.438. The number of halogens is 3. The van der Waals surface area contributed by atoms with Crippen LogP contribution in [0.1, 0.15) is 0 Å². The molecule has 0 amide bonds. The molecule has 0 aliphatic rings. The molecule has 2 aromatic heterocycles. The van der Waals surface area contributed by atoms with E-state index in [0.29, 0.717) is 48.4 Å². The highest BCUT2D eigenvalue weighted by Crippen LogP contribution is 2.27. The molecule has 0 bridgehead atoms. The summed E-state index contributed by atoms with van der Waals surface area (Å²) < 4.78 is 0. The Morgan fingerprint density at radius 3 is 1.62 bits per heavy atom. The van der Waals surface area contributed by atoms with Gasteiger partial charge in [-0.1, -0.05) is 34.8 Å². The average molecular weight is 336 g/mol. The molecule has 0 atom stereocenters. The summed E-state index contributed by atoms with van der Waals surface area (Å²) in [6.07, 6.45) is 0. The van der Waals surface area contributed by atoms with E-state index in [1.54, 1.807) is 30.3 Å². The van der Waals surface area contributed by atoms with E-state index in [2.05, 4.69) is 19.9 Å². The van der Waals surface area contributed by atoms with Crippen LogP contribution in [0.15, 0.2) is 30.3 Å². The van der Waals surface area contributed by atoms with Crippen molar-refractivity contribution >= 4 is 68.2 Å². The molecular formula is C14H5Cl3N4. The summed E-state index contributed by atoms with van der Waals surface area (Å²) in [5, 5.41) is 1.45. The molecule has 0 saturated carbocycles. The van der Waals surface area contributed by atoms with Gasteiger partial charge in [0.2, 0.25) is 0 Å². The maximum Gasteiger partial charge on any atom is 0.199 e. The van der Waals surface area contributed by atoms with Crippen molar-refractivity contribution < 1.29 is 0 Å². The molecule has 4 rings (SSSR count). The molecule has 4 aromatic rings. The highest BCUT2D eigenvalue weighted by molar-refractivity contribution is 6.42. The summed E-state index contributed by atoms with van der Waals surface area (Å²) in [7, 11) is 0. The van der Waals surface area contributed by atoms with Gasteiger partial charge in [-0.05, 0) is 30.3 Å². The van der Waals surface area contributed by atoms with Gasteiger partial charge in [0.15, 0.2) is 11.3 Å². The highest BCUT2D eigenvalue weighted by atomic mass is 35.5. The minimum absolute atomic E-state index is 0.426. The molecule has 2 heterocycles. The lowest BCUT2D eigenvalue weighted by Crippen LogP contribution is -1.94. The molecule has 0 aliphatic heterocycles. The average Bonchev–Trinajstić information content (AvgIpc) is 2.45. The predicted molar refractivity (Wildman–Crippen MR) is 85.2 cm³/mol. The first-order valence-corrected chi connectivity index (χ1v) is 7.13. The van der Waals surface area contributed by atoms with E-state index >= 15 is 0 Å². The standard InChI is InChI=1S/C14H5Cl3N4/c15-6-1-2-9-10(3-6)19-14-13(18-9)20-11-4-7(16)8(17)5-12(11)21-14/h1-5H. The molecule has 0 radical (unpaired) electrons. The molecule has 0 aliphatic carbocycles. The Morgan fingerprint density at radius 1 is 0.571 bits per heavy atom. The van der Waals surface area contributed by atoms with E-state index in [-0.39, 0.29) is 0 Å². The van der Waals surface area contributed by atoms with Crippen molar-refractivity contribution in [1.82, 2.24) is 19.9 Å². The summed E-state index contributed by atoms with van der Waals surface area (Å²) in [6, 6.07) is 8.62.